The third-order valence-electron chi connectivity index (χ3n) is 2.79. The monoisotopic (exact) mass is 324 g/mol. The highest BCUT2D eigenvalue weighted by Crippen LogP contribution is 2.21. The lowest BCUT2D eigenvalue weighted by atomic mass is 10.3. The first-order valence-corrected chi connectivity index (χ1v) is 8.68. The van der Waals surface area contributed by atoms with Crippen LogP contribution in [0, 0.1) is 0 Å². The van der Waals surface area contributed by atoms with Crippen LogP contribution in [0.1, 0.15) is 24.8 Å². The van der Waals surface area contributed by atoms with Gasteiger partial charge in [0.1, 0.15) is 0 Å². The molecule has 1 aromatic heterocycles. The Kier molecular flexibility index (Phi) is 4.76. The highest BCUT2D eigenvalue weighted by atomic mass is 32.2. The molecule has 0 saturated carbocycles. The fourth-order valence-electron chi connectivity index (χ4n) is 1.82. The SMILES string of the molecule is CC(=O)Nc1ccc(S(=O)(=O)N[C@@H](C)c2cccs2)cc1. The number of hydrogen-bond donors (Lipinski definition) is 2. The Bertz CT molecular complexity index is 707. The number of hydrogen-bond acceptors (Lipinski definition) is 4. The molecular weight excluding hydrogens is 308 g/mol. The molecule has 0 spiro atoms. The number of amides is 1. The van der Waals surface area contributed by atoms with Crippen LogP contribution in [0.5, 0.6) is 0 Å². The molecule has 1 amide bonds. The van der Waals surface area contributed by atoms with E-state index in [0.717, 1.165) is 4.88 Å². The maximum absolute atomic E-state index is 12.3. The predicted molar refractivity (Wildman–Crippen MR) is 83.8 cm³/mol. The quantitative estimate of drug-likeness (QED) is 0.888. The third-order valence-corrected chi connectivity index (χ3v) is 5.40. The Morgan fingerprint density at radius 3 is 2.38 bits per heavy atom. The number of carbonyl (C=O) groups excluding carboxylic acids is 1. The van der Waals surface area contributed by atoms with Crippen LogP contribution in [-0.4, -0.2) is 14.3 Å². The minimum absolute atomic E-state index is 0.167. The van der Waals surface area contributed by atoms with Gasteiger partial charge in [-0.3, -0.25) is 4.79 Å². The summed E-state index contributed by atoms with van der Waals surface area (Å²) < 4.78 is 27.2. The van der Waals surface area contributed by atoms with Crippen LogP contribution in [0.3, 0.4) is 0 Å². The zero-order chi connectivity index (χ0) is 15.5. The first-order chi connectivity index (χ1) is 9.88. The van der Waals surface area contributed by atoms with Crippen molar-refractivity contribution in [3.05, 3.63) is 46.7 Å². The zero-order valence-electron chi connectivity index (χ0n) is 11.7. The Labute approximate surface area is 128 Å². The molecule has 0 saturated heterocycles. The molecule has 1 atom stereocenters. The third kappa shape index (κ3) is 4.13. The smallest absolute Gasteiger partial charge is 0.241 e. The van der Waals surface area contributed by atoms with Crippen LogP contribution in [0.25, 0.3) is 0 Å². The van der Waals surface area contributed by atoms with Crippen molar-refractivity contribution in [2.75, 3.05) is 5.32 Å². The van der Waals surface area contributed by atoms with Crippen molar-refractivity contribution in [1.29, 1.82) is 0 Å². The van der Waals surface area contributed by atoms with Crippen LogP contribution in [0.2, 0.25) is 0 Å². The van der Waals surface area contributed by atoms with Gasteiger partial charge in [-0.1, -0.05) is 6.07 Å². The van der Waals surface area contributed by atoms with Crippen LogP contribution in [0.4, 0.5) is 5.69 Å². The van der Waals surface area contributed by atoms with Crippen molar-refractivity contribution in [3.63, 3.8) is 0 Å². The van der Waals surface area contributed by atoms with E-state index in [0.29, 0.717) is 5.69 Å². The van der Waals surface area contributed by atoms with Crippen molar-refractivity contribution in [1.82, 2.24) is 4.72 Å². The lowest BCUT2D eigenvalue weighted by molar-refractivity contribution is -0.114. The van der Waals surface area contributed by atoms with Crippen molar-refractivity contribution in [2.45, 2.75) is 24.8 Å². The van der Waals surface area contributed by atoms with Gasteiger partial charge in [0.2, 0.25) is 15.9 Å². The Morgan fingerprint density at radius 2 is 1.86 bits per heavy atom. The van der Waals surface area contributed by atoms with Crippen LogP contribution in [0.15, 0.2) is 46.7 Å². The lowest BCUT2D eigenvalue weighted by Gasteiger charge is -2.13. The fraction of sp³-hybridized carbons (Fsp3) is 0.214. The average Bonchev–Trinajstić information content (AvgIpc) is 2.92. The maximum Gasteiger partial charge on any atom is 0.241 e. The Balaban J connectivity index is 2.14. The molecule has 112 valence electrons. The largest absolute Gasteiger partial charge is 0.326 e. The molecule has 0 fully saturated rings. The molecule has 0 unspecified atom stereocenters. The van der Waals surface area contributed by atoms with E-state index in [1.807, 2.05) is 17.5 Å². The van der Waals surface area contributed by atoms with Gasteiger partial charge in [-0.05, 0) is 42.6 Å². The average molecular weight is 324 g/mol. The molecule has 7 heteroatoms. The molecule has 2 rings (SSSR count). The fourth-order valence-corrected chi connectivity index (χ4v) is 3.85. The van der Waals surface area contributed by atoms with Crippen molar-refractivity contribution in [3.8, 4) is 0 Å². The van der Waals surface area contributed by atoms with Crippen molar-refractivity contribution < 1.29 is 13.2 Å². The molecule has 2 N–H and O–H groups in total. The van der Waals surface area contributed by atoms with Crippen LogP contribution >= 0.6 is 11.3 Å². The van der Waals surface area contributed by atoms with Gasteiger partial charge in [0.15, 0.2) is 0 Å². The van der Waals surface area contributed by atoms with Crippen LogP contribution in [-0.2, 0) is 14.8 Å². The summed E-state index contributed by atoms with van der Waals surface area (Å²) in [6.07, 6.45) is 0. The van der Waals surface area contributed by atoms with Gasteiger partial charge in [-0.25, -0.2) is 13.1 Å². The second kappa shape index (κ2) is 6.38. The Hall–Kier alpha value is -1.70. The van der Waals surface area contributed by atoms with Gasteiger partial charge >= 0.3 is 0 Å². The van der Waals surface area contributed by atoms with E-state index < -0.39 is 10.0 Å². The van der Waals surface area contributed by atoms with E-state index in [1.54, 1.807) is 19.1 Å². The Morgan fingerprint density at radius 1 is 1.19 bits per heavy atom. The molecule has 1 aromatic carbocycles. The summed E-state index contributed by atoms with van der Waals surface area (Å²) in [4.78, 5) is 12.1. The van der Waals surface area contributed by atoms with Crippen LogP contribution < -0.4 is 10.0 Å². The molecule has 0 bridgehead atoms. The molecule has 0 radical (unpaired) electrons. The van der Waals surface area contributed by atoms with Gasteiger partial charge in [0.05, 0.1) is 10.9 Å². The standard InChI is InChI=1S/C14H16N2O3S2/c1-10(14-4-3-9-20-14)16-21(18,19)13-7-5-12(6-8-13)15-11(2)17/h3-10,16H,1-2H3,(H,15,17)/t10-/m0/s1. The summed E-state index contributed by atoms with van der Waals surface area (Å²) in [5.41, 5.74) is 0.563. The van der Waals surface area contributed by atoms with E-state index >= 15 is 0 Å². The molecule has 0 aliphatic rings. The molecule has 21 heavy (non-hydrogen) atoms. The highest BCUT2D eigenvalue weighted by molar-refractivity contribution is 7.89. The number of rotatable bonds is 5. The molecule has 1 heterocycles. The van der Waals surface area contributed by atoms with Gasteiger partial charge in [0.25, 0.3) is 0 Å². The minimum Gasteiger partial charge on any atom is -0.326 e. The summed E-state index contributed by atoms with van der Waals surface area (Å²) in [6, 6.07) is 9.54. The molecule has 0 aliphatic carbocycles. The lowest BCUT2D eigenvalue weighted by Crippen LogP contribution is -2.26. The number of sulfonamides is 1. The van der Waals surface area contributed by atoms with Gasteiger partial charge < -0.3 is 5.32 Å². The minimum atomic E-state index is -3.59. The summed E-state index contributed by atoms with van der Waals surface area (Å²) >= 11 is 1.50. The van der Waals surface area contributed by atoms with E-state index in [1.165, 1.54) is 30.4 Å². The first-order valence-electron chi connectivity index (χ1n) is 6.32. The maximum atomic E-state index is 12.3. The molecule has 0 aliphatic heterocycles. The summed E-state index contributed by atoms with van der Waals surface area (Å²) in [5, 5.41) is 4.50. The molecule has 2 aromatic rings. The van der Waals surface area contributed by atoms with Crippen molar-refractivity contribution in [2.24, 2.45) is 0 Å². The number of anilines is 1. The van der Waals surface area contributed by atoms with E-state index in [9.17, 15) is 13.2 Å². The number of thiophene rings is 1. The molecular formula is C14H16N2O3S2. The number of nitrogens with one attached hydrogen (secondary N) is 2. The van der Waals surface area contributed by atoms with Crippen molar-refractivity contribution >= 4 is 33.0 Å². The second-order valence-electron chi connectivity index (χ2n) is 4.56. The van der Waals surface area contributed by atoms with Gasteiger partial charge in [-0.15, -0.1) is 11.3 Å². The van der Waals surface area contributed by atoms with Gasteiger partial charge in [0, 0.05) is 17.5 Å². The highest BCUT2D eigenvalue weighted by Gasteiger charge is 2.18. The van der Waals surface area contributed by atoms with E-state index in [4.69, 9.17) is 0 Å². The second-order valence-corrected chi connectivity index (χ2v) is 7.26. The first kappa shape index (κ1) is 15.7. The topological polar surface area (TPSA) is 75.3 Å². The number of benzene rings is 1. The predicted octanol–water partition coefficient (Wildman–Crippen LogP) is 2.75. The summed E-state index contributed by atoms with van der Waals surface area (Å²) in [5.74, 6) is -0.199. The van der Waals surface area contributed by atoms with E-state index in [-0.39, 0.29) is 16.8 Å². The number of carbonyl (C=O) groups is 1. The summed E-state index contributed by atoms with van der Waals surface area (Å²) in [6.45, 7) is 3.20. The summed E-state index contributed by atoms with van der Waals surface area (Å²) in [7, 11) is -3.59. The van der Waals surface area contributed by atoms with E-state index in [2.05, 4.69) is 10.0 Å². The normalized spacial score (nSPS) is 12.9. The van der Waals surface area contributed by atoms with Gasteiger partial charge in [-0.2, -0.15) is 0 Å². The zero-order valence-corrected chi connectivity index (χ0v) is 13.3. The molecule has 5 nitrogen and oxygen atoms in total.